The molecule has 1 unspecified atom stereocenters. The monoisotopic (exact) mass is 437 g/mol. The van der Waals surface area contributed by atoms with Crippen molar-refractivity contribution in [3.05, 3.63) is 74.8 Å². The van der Waals surface area contributed by atoms with Crippen LogP contribution in [0.5, 0.6) is 0 Å². The Bertz CT molecular complexity index is 1160. The molecule has 10 heteroatoms. The Morgan fingerprint density at radius 2 is 1.97 bits per heavy atom. The molecule has 4 rings (SSSR count). The average molecular weight is 437 g/mol. The molecule has 0 bridgehead atoms. The number of aromatic nitrogens is 2. The molecule has 1 saturated heterocycles. The van der Waals surface area contributed by atoms with Crippen LogP contribution in [0.15, 0.2) is 48.5 Å². The van der Waals surface area contributed by atoms with Gasteiger partial charge in [-0.3, -0.25) is 19.7 Å². The van der Waals surface area contributed by atoms with Crippen LogP contribution in [0.3, 0.4) is 0 Å². The largest absolute Gasteiger partial charge is 0.311 e. The number of nitro benzene ring substituents is 1. The molecule has 0 aliphatic carbocycles. The molecule has 1 atom stereocenters. The number of rotatable bonds is 6. The third-order valence-corrected chi connectivity index (χ3v) is 6.11. The number of benzene rings is 2. The predicted octanol–water partition coefficient (Wildman–Crippen LogP) is 3.46. The molecular formula is C21H19N5O4S. The summed E-state index contributed by atoms with van der Waals surface area (Å²) in [7, 11) is 0. The highest BCUT2D eigenvalue weighted by atomic mass is 32.1. The summed E-state index contributed by atoms with van der Waals surface area (Å²) in [5.41, 5.74) is 2.13. The lowest BCUT2D eigenvalue weighted by molar-refractivity contribution is -0.385. The van der Waals surface area contributed by atoms with Crippen LogP contribution in [-0.2, 0) is 16.0 Å². The minimum atomic E-state index is -0.511. The summed E-state index contributed by atoms with van der Waals surface area (Å²) >= 11 is 1.22. The maximum absolute atomic E-state index is 12.5. The van der Waals surface area contributed by atoms with Gasteiger partial charge in [0.05, 0.1) is 11.3 Å². The molecule has 3 aromatic rings. The lowest BCUT2D eigenvalue weighted by Crippen LogP contribution is -2.25. The smallest absolute Gasteiger partial charge is 0.273 e. The average Bonchev–Trinajstić information content (AvgIpc) is 3.35. The quantitative estimate of drug-likeness (QED) is 0.466. The summed E-state index contributed by atoms with van der Waals surface area (Å²) < 4.78 is 0. The Kier molecular flexibility index (Phi) is 5.72. The number of aryl methyl sites for hydroxylation is 1. The molecule has 1 fully saturated rings. The lowest BCUT2D eigenvalue weighted by atomic mass is 10.1. The van der Waals surface area contributed by atoms with Crippen molar-refractivity contribution < 1.29 is 14.5 Å². The molecule has 31 heavy (non-hydrogen) atoms. The van der Waals surface area contributed by atoms with E-state index in [0.29, 0.717) is 28.7 Å². The van der Waals surface area contributed by atoms with Gasteiger partial charge < -0.3 is 10.2 Å². The SMILES string of the molecule is Cc1ccccc1N1CC(c2nnc(NC(=O)Cc3ccccc3[N+](=O)[O-])s2)CC1=O. The van der Waals surface area contributed by atoms with Gasteiger partial charge in [-0.15, -0.1) is 10.2 Å². The van der Waals surface area contributed by atoms with Gasteiger partial charge in [0.2, 0.25) is 16.9 Å². The van der Waals surface area contributed by atoms with Crippen LogP contribution >= 0.6 is 11.3 Å². The van der Waals surface area contributed by atoms with Gasteiger partial charge in [0.1, 0.15) is 5.01 Å². The van der Waals surface area contributed by atoms with Crippen LogP contribution in [-0.4, -0.2) is 33.5 Å². The number of anilines is 2. The zero-order valence-corrected chi connectivity index (χ0v) is 17.5. The number of nitrogens with zero attached hydrogens (tertiary/aromatic N) is 4. The molecule has 1 aromatic heterocycles. The maximum atomic E-state index is 12.5. The summed E-state index contributed by atoms with van der Waals surface area (Å²) in [6, 6.07) is 13.8. The number of amides is 2. The first-order chi connectivity index (χ1) is 14.9. The molecule has 0 saturated carbocycles. The van der Waals surface area contributed by atoms with E-state index in [-0.39, 0.29) is 23.9 Å². The first-order valence-electron chi connectivity index (χ1n) is 9.64. The number of nitro groups is 1. The van der Waals surface area contributed by atoms with Crippen molar-refractivity contribution in [1.82, 2.24) is 10.2 Å². The van der Waals surface area contributed by atoms with E-state index in [1.165, 1.54) is 17.4 Å². The fraction of sp³-hybridized carbons (Fsp3) is 0.238. The van der Waals surface area contributed by atoms with Gasteiger partial charge in [-0.2, -0.15) is 0 Å². The summed E-state index contributed by atoms with van der Waals surface area (Å²) in [6.45, 7) is 2.47. The predicted molar refractivity (Wildman–Crippen MR) is 116 cm³/mol. The third kappa shape index (κ3) is 4.43. The first-order valence-corrected chi connectivity index (χ1v) is 10.5. The lowest BCUT2D eigenvalue weighted by Gasteiger charge is -2.18. The third-order valence-electron chi connectivity index (χ3n) is 5.11. The van der Waals surface area contributed by atoms with Crippen LogP contribution < -0.4 is 10.2 Å². The van der Waals surface area contributed by atoms with Gasteiger partial charge in [0.15, 0.2) is 0 Å². The second-order valence-corrected chi connectivity index (χ2v) is 8.26. The molecule has 1 aliphatic heterocycles. The Morgan fingerprint density at radius 1 is 1.23 bits per heavy atom. The zero-order chi connectivity index (χ0) is 22.0. The fourth-order valence-corrected chi connectivity index (χ4v) is 4.45. The van der Waals surface area contributed by atoms with Crippen molar-refractivity contribution in [3.8, 4) is 0 Å². The second kappa shape index (κ2) is 8.60. The molecule has 158 valence electrons. The molecular weight excluding hydrogens is 418 g/mol. The highest BCUT2D eigenvalue weighted by Gasteiger charge is 2.34. The maximum Gasteiger partial charge on any atom is 0.273 e. The van der Waals surface area contributed by atoms with Crippen molar-refractivity contribution in [2.45, 2.75) is 25.7 Å². The molecule has 2 heterocycles. The normalized spacial score (nSPS) is 15.8. The zero-order valence-electron chi connectivity index (χ0n) is 16.6. The topological polar surface area (TPSA) is 118 Å². The van der Waals surface area contributed by atoms with Gasteiger partial charge >= 0.3 is 0 Å². The van der Waals surface area contributed by atoms with E-state index in [1.54, 1.807) is 23.1 Å². The van der Waals surface area contributed by atoms with E-state index in [1.807, 2.05) is 31.2 Å². The molecule has 1 aliphatic rings. The summed E-state index contributed by atoms with van der Waals surface area (Å²) in [5, 5.41) is 22.9. The molecule has 1 N–H and O–H groups in total. The number of hydrogen-bond acceptors (Lipinski definition) is 7. The Hall–Kier alpha value is -3.66. The van der Waals surface area contributed by atoms with Crippen LogP contribution in [0.25, 0.3) is 0 Å². The van der Waals surface area contributed by atoms with E-state index >= 15 is 0 Å². The van der Waals surface area contributed by atoms with E-state index in [0.717, 1.165) is 11.3 Å². The van der Waals surface area contributed by atoms with Crippen LogP contribution in [0.4, 0.5) is 16.5 Å². The van der Waals surface area contributed by atoms with Gasteiger partial charge in [-0.25, -0.2) is 0 Å². The number of para-hydroxylation sites is 2. The fourth-order valence-electron chi connectivity index (χ4n) is 3.60. The van der Waals surface area contributed by atoms with Crippen molar-refractivity contribution in [1.29, 1.82) is 0 Å². The number of hydrogen-bond donors (Lipinski definition) is 1. The first kappa shape index (κ1) is 20.6. The summed E-state index contributed by atoms with van der Waals surface area (Å²) in [5.74, 6) is -0.497. The van der Waals surface area contributed by atoms with E-state index < -0.39 is 10.8 Å². The minimum Gasteiger partial charge on any atom is -0.311 e. The van der Waals surface area contributed by atoms with Gasteiger partial charge in [0, 0.05) is 36.2 Å². The van der Waals surface area contributed by atoms with Crippen LogP contribution in [0.1, 0.15) is 28.5 Å². The highest BCUT2D eigenvalue weighted by Crippen LogP contribution is 2.35. The molecule has 9 nitrogen and oxygen atoms in total. The van der Waals surface area contributed by atoms with Crippen LogP contribution in [0, 0.1) is 17.0 Å². The van der Waals surface area contributed by atoms with Crippen molar-refractivity contribution in [2.75, 3.05) is 16.8 Å². The van der Waals surface area contributed by atoms with Gasteiger partial charge in [-0.05, 0) is 18.6 Å². The van der Waals surface area contributed by atoms with Crippen molar-refractivity contribution >= 4 is 39.7 Å². The number of nitrogens with one attached hydrogen (secondary N) is 1. The Morgan fingerprint density at radius 3 is 2.74 bits per heavy atom. The molecule has 0 radical (unpaired) electrons. The number of carbonyl (C=O) groups is 2. The standard InChI is InChI=1S/C21H19N5O4S/c1-13-6-2-4-8-16(13)25-12-15(11-19(25)28)20-23-24-21(31-20)22-18(27)10-14-7-3-5-9-17(14)26(29)30/h2-9,15H,10-12H2,1H3,(H,22,24,27). The summed E-state index contributed by atoms with van der Waals surface area (Å²) in [4.78, 5) is 37.3. The van der Waals surface area contributed by atoms with Crippen molar-refractivity contribution in [2.24, 2.45) is 0 Å². The molecule has 0 spiro atoms. The van der Waals surface area contributed by atoms with Gasteiger partial charge in [-0.1, -0.05) is 47.7 Å². The second-order valence-electron chi connectivity index (χ2n) is 7.25. The summed E-state index contributed by atoms with van der Waals surface area (Å²) in [6.07, 6.45) is 0.183. The molecule has 2 aromatic carbocycles. The highest BCUT2D eigenvalue weighted by molar-refractivity contribution is 7.15. The molecule has 2 amide bonds. The number of carbonyl (C=O) groups excluding carboxylic acids is 2. The Labute approximate surface area is 181 Å². The van der Waals surface area contributed by atoms with E-state index in [4.69, 9.17) is 0 Å². The van der Waals surface area contributed by atoms with Crippen LogP contribution in [0.2, 0.25) is 0 Å². The van der Waals surface area contributed by atoms with Gasteiger partial charge in [0.25, 0.3) is 5.69 Å². The van der Waals surface area contributed by atoms with E-state index in [9.17, 15) is 19.7 Å². The Balaban J connectivity index is 1.42. The van der Waals surface area contributed by atoms with Crippen molar-refractivity contribution in [3.63, 3.8) is 0 Å². The van der Waals surface area contributed by atoms with E-state index in [2.05, 4.69) is 15.5 Å². The minimum absolute atomic E-state index is 0.0245.